The first-order valence-corrected chi connectivity index (χ1v) is 10.2. The third-order valence-corrected chi connectivity index (χ3v) is 6.79. The van der Waals surface area contributed by atoms with Crippen LogP contribution < -0.4 is 9.47 Å². The van der Waals surface area contributed by atoms with Crippen molar-refractivity contribution >= 4 is 37.6 Å². The molecule has 142 valence electrons. The van der Waals surface area contributed by atoms with E-state index in [1.807, 2.05) is 0 Å². The third-order valence-electron chi connectivity index (χ3n) is 3.72. The number of halogens is 2. The fourth-order valence-corrected chi connectivity index (χ4v) is 4.28. The molecule has 2 rings (SSSR count). The number of nitrogens with zero attached hydrogens (tertiary/aromatic N) is 1. The van der Waals surface area contributed by atoms with E-state index >= 15 is 0 Å². The predicted octanol–water partition coefficient (Wildman–Crippen LogP) is 3.30. The summed E-state index contributed by atoms with van der Waals surface area (Å²) in [5.41, 5.74) is 0.647. The largest absolute Gasteiger partial charge is 0.497 e. The number of ether oxygens (including phenoxy) is 2. The second-order valence-electron chi connectivity index (χ2n) is 5.32. The first-order chi connectivity index (χ1) is 12.3. The summed E-state index contributed by atoms with van der Waals surface area (Å²) in [6.07, 6.45) is 0. The maximum Gasteiger partial charge on any atom is 0.243 e. The molecule has 0 saturated carbocycles. The van der Waals surface area contributed by atoms with Crippen LogP contribution in [0.2, 0.25) is 5.02 Å². The molecule has 0 unspecified atom stereocenters. The summed E-state index contributed by atoms with van der Waals surface area (Å²) in [5.74, 6) is 1.10. The minimum atomic E-state index is -3.86. The van der Waals surface area contributed by atoms with Gasteiger partial charge in [-0.1, -0.05) is 17.7 Å². The maximum absolute atomic E-state index is 13.0. The van der Waals surface area contributed by atoms with E-state index in [0.717, 1.165) is 0 Å². The minimum Gasteiger partial charge on any atom is -0.497 e. The third kappa shape index (κ3) is 4.69. The highest BCUT2D eigenvalue weighted by atomic mass is 79.9. The second-order valence-corrected chi connectivity index (χ2v) is 8.52. The predicted molar refractivity (Wildman–Crippen MR) is 103 cm³/mol. The van der Waals surface area contributed by atoms with Crippen LogP contribution >= 0.6 is 27.5 Å². The molecule has 9 heteroatoms. The molecule has 6 nitrogen and oxygen atoms in total. The van der Waals surface area contributed by atoms with E-state index < -0.39 is 10.0 Å². The second kappa shape index (κ2) is 9.05. The summed E-state index contributed by atoms with van der Waals surface area (Å²) in [5, 5.41) is 9.63. The molecule has 0 radical (unpaired) electrons. The molecular formula is C17H19BrClNO5S. The Labute approximate surface area is 166 Å². The summed E-state index contributed by atoms with van der Waals surface area (Å²) in [4.78, 5) is 0.0478. The van der Waals surface area contributed by atoms with Crippen molar-refractivity contribution in [3.63, 3.8) is 0 Å². The number of hydrogen-bond acceptors (Lipinski definition) is 5. The lowest BCUT2D eigenvalue weighted by molar-refractivity contribution is 0.249. The van der Waals surface area contributed by atoms with Gasteiger partial charge in [0.1, 0.15) is 11.5 Å². The van der Waals surface area contributed by atoms with Gasteiger partial charge in [0.2, 0.25) is 10.0 Å². The fraction of sp³-hybridized carbons (Fsp3) is 0.294. The van der Waals surface area contributed by atoms with Crippen LogP contribution in [0.25, 0.3) is 0 Å². The molecule has 2 aromatic rings. The minimum absolute atomic E-state index is 0.0315. The number of benzene rings is 2. The van der Waals surface area contributed by atoms with Crippen LogP contribution in [0, 0.1) is 0 Å². The quantitative estimate of drug-likeness (QED) is 0.649. The molecular weight excluding hydrogens is 446 g/mol. The van der Waals surface area contributed by atoms with Crippen molar-refractivity contribution in [1.29, 1.82) is 0 Å². The van der Waals surface area contributed by atoms with Gasteiger partial charge in [0.25, 0.3) is 0 Å². The first-order valence-electron chi connectivity index (χ1n) is 7.60. The Morgan fingerprint density at radius 1 is 1.15 bits per heavy atom. The zero-order valence-corrected chi connectivity index (χ0v) is 17.4. The number of aliphatic hydroxyl groups excluding tert-OH is 1. The van der Waals surface area contributed by atoms with Gasteiger partial charge in [0.15, 0.2) is 0 Å². The molecule has 0 aliphatic carbocycles. The first kappa shape index (κ1) is 21.0. The van der Waals surface area contributed by atoms with E-state index in [1.54, 1.807) is 24.3 Å². The molecule has 0 bridgehead atoms. The van der Waals surface area contributed by atoms with Crippen LogP contribution in [-0.2, 0) is 16.6 Å². The summed E-state index contributed by atoms with van der Waals surface area (Å²) < 4.78 is 38.2. The van der Waals surface area contributed by atoms with Gasteiger partial charge in [-0.2, -0.15) is 4.31 Å². The van der Waals surface area contributed by atoms with Crippen molar-refractivity contribution in [3.8, 4) is 11.5 Å². The Bertz CT molecular complexity index is 875. The molecule has 0 atom stereocenters. The number of hydrogen-bond donors (Lipinski definition) is 1. The maximum atomic E-state index is 13.0. The van der Waals surface area contributed by atoms with E-state index in [0.29, 0.717) is 21.5 Å². The van der Waals surface area contributed by atoms with Gasteiger partial charge in [-0.15, -0.1) is 0 Å². The van der Waals surface area contributed by atoms with E-state index in [2.05, 4.69) is 15.9 Å². The van der Waals surface area contributed by atoms with Gasteiger partial charge in [-0.25, -0.2) is 8.42 Å². The zero-order chi connectivity index (χ0) is 19.3. The van der Waals surface area contributed by atoms with Crippen molar-refractivity contribution < 1.29 is 23.0 Å². The van der Waals surface area contributed by atoms with Crippen LogP contribution in [0.1, 0.15) is 5.56 Å². The van der Waals surface area contributed by atoms with Crippen molar-refractivity contribution in [1.82, 2.24) is 4.31 Å². The molecule has 1 N–H and O–H groups in total. The molecule has 0 aliphatic heterocycles. The summed E-state index contributed by atoms with van der Waals surface area (Å²) >= 11 is 9.27. The van der Waals surface area contributed by atoms with Crippen molar-refractivity contribution in [2.75, 3.05) is 27.4 Å². The van der Waals surface area contributed by atoms with Gasteiger partial charge in [0.05, 0.1) is 30.7 Å². The van der Waals surface area contributed by atoms with E-state index in [1.165, 1.54) is 30.7 Å². The lowest BCUT2D eigenvalue weighted by Gasteiger charge is -2.23. The SMILES string of the molecule is COc1ccc(CN(CCO)S(=O)(=O)c2ccc(Br)c(Cl)c2)c(OC)c1. The fourth-order valence-electron chi connectivity index (χ4n) is 2.35. The number of methoxy groups -OCH3 is 2. The Morgan fingerprint density at radius 3 is 2.46 bits per heavy atom. The van der Waals surface area contributed by atoms with Crippen LogP contribution in [0.5, 0.6) is 11.5 Å². The number of aliphatic hydroxyl groups is 1. The lowest BCUT2D eigenvalue weighted by atomic mass is 10.2. The van der Waals surface area contributed by atoms with Crippen LogP contribution in [0.4, 0.5) is 0 Å². The smallest absolute Gasteiger partial charge is 0.243 e. The molecule has 26 heavy (non-hydrogen) atoms. The zero-order valence-electron chi connectivity index (χ0n) is 14.3. The number of sulfonamides is 1. The summed E-state index contributed by atoms with van der Waals surface area (Å²) in [6, 6.07) is 9.53. The lowest BCUT2D eigenvalue weighted by Crippen LogP contribution is -2.33. The highest BCUT2D eigenvalue weighted by Crippen LogP contribution is 2.30. The van der Waals surface area contributed by atoms with Gasteiger partial charge in [-0.05, 0) is 40.2 Å². The van der Waals surface area contributed by atoms with Crippen molar-refractivity contribution in [3.05, 3.63) is 51.5 Å². The average Bonchev–Trinajstić information content (AvgIpc) is 2.63. The Balaban J connectivity index is 2.40. The highest BCUT2D eigenvalue weighted by Gasteiger charge is 2.26. The van der Waals surface area contributed by atoms with E-state index in [4.69, 9.17) is 21.1 Å². The average molecular weight is 465 g/mol. The molecule has 0 saturated heterocycles. The standard InChI is InChI=1S/C17H19BrClNO5S/c1-24-13-4-3-12(17(9-13)25-2)11-20(7-8-21)26(22,23)14-5-6-15(18)16(19)10-14/h3-6,9-10,21H,7-8,11H2,1-2H3. The molecule has 0 heterocycles. The van der Waals surface area contributed by atoms with Crippen LogP contribution in [-0.4, -0.2) is 45.2 Å². The van der Waals surface area contributed by atoms with Crippen LogP contribution in [0.15, 0.2) is 45.8 Å². The van der Waals surface area contributed by atoms with Crippen molar-refractivity contribution in [2.24, 2.45) is 0 Å². The van der Waals surface area contributed by atoms with Crippen molar-refractivity contribution in [2.45, 2.75) is 11.4 Å². The van der Waals surface area contributed by atoms with Gasteiger partial charge < -0.3 is 14.6 Å². The molecule has 0 amide bonds. The monoisotopic (exact) mass is 463 g/mol. The van der Waals surface area contributed by atoms with Gasteiger partial charge in [-0.3, -0.25) is 0 Å². The normalized spacial score (nSPS) is 11.6. The summed E-state index contributed by atoms with van der Waals surface area (Å²) in [6.45, 7) is -0.350. The summed E-state index contributed by atoms with van der Waals surface area (Å²) in [7, 11) is -0.826. The van der Waals surface area contributed by atoms with E-state index in [9.17, 15) is 13.5 Å². The Morgan fingerprint density at radius 2 is 1.88 bits per heavy atom. The Kier molecular flexibility index (Phi) is 7.31. The molecule has 2 aromatic carbocycles. The topological polar surface area (TPSA) is 76.1 Å². The van der Waals surface area contributed by atoms with Gasteiger partial charge in [0, 0.05) is 29.2 Å². The Hall–Kier alpha value is -1.32. The molecule has 0 aliphatic rings. The number of rotatable bonds is 8. The van der Waals surface area contributed by atoms with Gasteiger partial charge >= 0.3 is 0 Å². The van der Waals surface area contributed by atoms with Crippen LogP contribution in [0.3, 0.4) is 0 Å². The highest BCUT2D eigenvalue weighted by molar-refractivity contribution is 9.10. The molecule has 0 spiro atoms. The molecule has 0 aromatic heterocycles. The van der Waals surface area contributed by atoms with E-state index in [-0.39, 0.29) is 29.6 Å². The molecule has 0 fully saturated rings.